The number of anilines is 1. The van der Waals surface area contributed by atoms with E-state index in [4.69, 9.17) is 11.5 Å². The number of nitrogens with zero attached hydrogens (tertiary/aromatic N) is 1. The SMILES string of the molecule is Nc1ncccc1C1=CCC(N)CC1. The van der Waals surface area contributed by atoms with Crippen molar-refractivity contribution in [2.24, 2.45) is 5.73 Å². The van der Waals surface area contributed by atoms with Crippen LogP contribution in [-0.2, 0) is 0 Å². The normalized spacial score (nSPS) is 21.8. The predicted octanol–water partition coefficient (Wildman–Crippen LogP) is 1.56. The molecule has 1 atom stereocenters. The molecule has 4 N–H and O–H groups in total. The lowest BCUT2D eigenvalue weighted by molar-refractivity contribution is 0.614. The van der Waals surface area contributed by atoms with E-state index < -0.39 is 0 Å². The molecule has 74 valence electrons. The van der Waals surface area contributed by atoms with Crippen LogP contribution in [0, 0.1) is 0 Å². The van der Waals surface area contributed by atoms with Crippen molar-refractivity contribution in [3.05, 3.63) is 30.0 Å². The maximum Gasteiger partial charge on any atom is 0.130 e. The minimum Gasteiger partial charge on any atom is -0.383 e. The van der Waals surface area contributed by atoms with Crippen LogP contribution in [0.5, 0.6) is 0 Å². The number of rotatable bonds is 1. The van der Waals surface area contributed by atoms with E-state index in [2.05, 4.69) is 11.1 Å². The van der Waals surface area contributed by atoms with Crippen LogP contribution in [0.3, 0.4) is 0 Å². The van der Waals surface area contributed by atoms with Crippen LogP contribution in [0.25, 0.3) is 5.57 Å². The maximum atomic E-state index is 5.82. The van der Waals surface area contributed by atoms with Gasteiger partial charge in [0, 0.05) is 17.8 Å². The fraction of sp³-hybridized carbons (Fsp3) is 0.364. The van der Waals surface area contributed by atoms with Gasteiger partial charge in [-0.3, -0.25) is 0 Å². The summed E-state index contributed by atoms with van der Waals surface area (Å²) in [7, 11) is 0. The topological polar surface area (TPSA) is 64.9 Å². The van der Waals surface area contributed by atoms with Crippen molar-refractivity contribution in [3.8, 4) is 0 Å². The van der Waals surface area contributed by atoms with Gasteiger partial charge in [0.15, 0.2) is 0 Å². The van der Waals surface area contributed by atoms with Crippen molar-refractivity contribution in [1.82, 2.24) is 4.98 Å². The van der Waals surface area contributed by atoms with Crippen LogP contribution < -0.4 is 11.5 Å². The molecule has 14 heavy (non-hydrogen) atoms. The summed E-state index contributed by atoms with van der Waals surface area (Å²) in [5, 5.41) is 0. The van der Waals surface area contributed by atoms with E-state index in [9.17, 15) is 0 Å². The lowest BCUT2D eigenvalue weighted by Crippen LogP contribution is -2.21. The Balaban J connectivity index is 2.28. The molecule has 0 aromatic carbocycles. The maximum absolute atomic E-state index is 5.82. The Labute approximate surface area is 83.8 Å². The molecule has 0 radical (unpaired) electrons. The quantitative estimate of drug-likeness (QED) is 0.704. The molecular weight excluding hydrogens is 174 g/mol. The summed E-state index contributed by atoms with van der Waals surface area (Å²) in [5.74, 6) is 0.620. The molecule has 0 aliphatic heterocycles. The van der Waals surface area contributed by atoms with Gasteiger partial charge in [-0.25, -0.2) is 4.98 Å². The first-order chi connectivity index (χ1) is 6.77. The van der Waals surface area contributed by atoms with Crippen LogP contribution in [0.2, 0.25) is 0 Å². The highest BCUT2D eigenvalue weighted by Gasteiger charge is 2.13. The van der Waals surface area contributed by atoms with Gasteiger partial charge in [-0.1, -0.05) is 6.08 Å². The molecular formula is C11H15N3. The first kappa shape index (κ1) is 9.21. The molecule has 3 nitrogen and oxygen atoms in total. The molecule has 0 saturated carbocycles. The van der Waals surface area contributed by atoms with Crippen LogP contribution >= 0.6 is 0 Å². The fourth-order valence-electron chi connectivity index (χ4n) is 1.79. The van der Waals surface area contributed by atoms with Crippen molar-refractivity contribution in [2.75, 3.05) is 5.73 Å². The van der Waals surface area contributed by atoms with E-state index in [1.165, 1.54) is 5.57 Å². The molecule has 0 bridgehead atoms. The van der Waals surface area contributed by atoms with E-state index in [0.29, 0.717) is 11.9 Å². The molecule has 0 saturated heterocycles. The van der Waals surface area contributed by atoms with Gasteiger partial charge in [-0.2, -0.15) is 0 Å². The lowest BCUT2D eigenvalue weighted by atomic mass is 9.91. The van der Waals surface area contributed by atoms with Gasteiger partial charge in [0.1, 0.15) is 5.82 Å². The van der Waals surface area contributed by atoms with Crippen LogP contribution in [-0.4, -0.2) is 11.0 Å². The molecule has 1 aliphatic carbocycles. The molecule has 1 aromatic rings. The largest absolute Gasteiger partial charge is 0.383 e. The lowest BCUT2D eigenvalue weighted by Gasteiger charge is -2.18. The molecule has 1 heterocycles. The van der Waals surface area contributed by atoms with Gasteiger partial charge < -0.3 is 11.5 Å². The minimum absolute atomic E-state index is 0.316. The average Bonchev–Trinajstić information content (AvgIpc) is 2.20. The summed E-state index contributed by atoms with van der Waals surface area (Å²) < 4.78 is 0. The molecule has 0 fully saturated rings. The molecule has 1 aromatic heterocycles. The zero-order chi connectivity index (χ0) is 9.97. The number of hydrogen-bond acceptors (Lipinski definition) is 3. The summed E-state index contributed by atoms with van der Waals surface area (Å²) in [6, 6.07) is 4.25. The molecule has 2 rings (SSSR count). The number of aromatic nitrogens is 1. The smallest absolute Gasteiger partial charge is 0.130 e. The van der Waals surface area contributed by atoms with E-state index in [1.54, 1.807) is 6.20 Å². The minimum atomic E-state index is 0.316. The first-order valence-corrected chi connectivity index (χ1v) is 4.93. The zero-order valence-corrected chi connectivity index (χ0v) is 8.11. The summed E-state index contributed by atoms with van der Waals surface area (Å²) in [5.41, 5.74) is 14.0. The molecule has 0 spiro atoms. The number of hydrogen-bond donors (Lipinski definition) is 2. The average molecular weight is 189 g/mol. The second kappa shape index (κ2) is 3.80. The zero-order valence-electron chi connectivity index (χ0n) is 8.11. The Morgan fingerprint density at radius 2 is 2.29 bits per heavy atom. The van der Waals surface area contributed by atoms with Crippen molar-refractivity contribution in [2.45, 2.75) is 25.3 Å². The highest BCUT2D eigenvalue weighted by Crippen LogP contribution is 2.28. The molecule has 1 unspecified atom stereocenters. The van der Waals surface area contributed by atoms with E-state index in [-0.39, 0.29) is 0 Å². The predicted molar refractivity (Wildman–Crippen MR) is 58.5 cm³/mol. The Morgan fingerprint density at radius 3 is 2.93 bits per heavy atom. The van der Waals surface area contributed by atoms with Crippen molar-refractivity contribution >= 4 is 11.4 Å². The third kappa shape index (κ3) is 1.77. The van der Waals surface area contributed by atoms with Crippen LogP contribution in [0.4, 0.5) is 5.82 Å². The van der Waals surface area contributed by atoms with Crippen LogP contribution in [0.15, 0.2) is 24.4 Å². The summed E-state index contributed by atoms with van der Waals surface area (Å²) >= 11 is 0. The molecule has 0 amide bonds. The van der Waals surface area contributed by atoms with E-state index in [0.717, 1.165) is 24.8 Å². The van der Waals surface area contributed by atoms with E-state index >= 15 is 0 Å². The van der Waals surface area contributed by atoms with Gasteiger partial charge in [-0.15, -0.1) is 0 Å². The van der Waals surface area contributed by atoms with E-state index in [1.807, 2.05) is 12.1 Å². The third-order valence-electron chi connectivity index (χ3n) is 2.64. The summed E-state index contributed by atoms with van der Waals surface area (Å²) in [4.78, 5) is 4.08. The second-order valence-electron chi connectivity index (χ2n) is 3.70. The highest BCUT2D eigenvalue weighted by atomic mass is 14.8. The van der Waals surface area contributed by atoms with Crippen molar-refractivity contribution in [1.29, 1.82) is 0 Å². The molecule has 1 aliphatic rings. The Hall–Kier alpha value is -1.35. The Kier molecular flexibility index (Phi) is 2.50. The number of allylic oxidation sites excluding steroid dienone is 1. The van der Waals surface area contributed by atoms with Crippen LogP contribution in [0.1, 0.15) is 24.8 Å². The summed E-state index contributed by atoms with van der Waals surface area (Å²) in [6.07, 6.45) is 6.90. The Bertz CT molecular complexity index is 357. The van der Waals surface area contributed by atoms with Gasteiger partial charge in [0.05, 0.1) is 0 Å². The van der Waals surface area contributed by atoms with Crippen molar-refractivity contribution in [3.63, 3.8) is 0 Å². The number of nitrogens with two attached hydrogens (primary N) is 2. The monoisotopic (exact) mass is 189 g/mol. The van der Waals surface area contributed by atoms with Gasteiger partial charge in [-0.05, 0) is 37.0 Å². The highest BCUT2D eigenvalue weighted by molar-refractivity contribution is 5.73. The fourth-order valence-corrected chi connectivity index (χ4v) is 1.79. The second-order valence-corrected chi connectivity index (χ2v) is 3.70. The van der Waals surface area contributed by atoms with Gasteiger partial charge in [0.25, 0.3) is 0 Å². The van der Waals surface area contributed by atoms with Gasteiger partial charge >= 0.3 is 0 Å². The first-order valence-electron chi connectivity index (χ1n) is 4.93. The van der Waals surface area contributed by atoms with Crippen molar-refractivity contribution < 1.29 is 0 Å². The number of pyridine rings is 1. The Morgan fingerprint density at radius 1 is 1.43 bits per heavy atom. The summed E-state index contributed by atoms with van der Waals surface area (Å²) in [6.45, 7) is 0. The standard InChI is InChI=1S/C11H15N3/c12-9-5-3-8(4-6-9)10-2-1-7-14-11(10)13/h1-3,7,9H,4-6,12H2,(H2,13,14). The molecule has 3 heteroatoms. The van der Waals surface area contributed by atoms with Gasteiger partial charge in [0.2, 0.25) is 0 Å². The number of nitrogen functional groups attached to an aromatic ring is 1. The third-order valence-corrected chi connectivity index (χ3v) is 2.64.